The second-order valence-electron chi connectivity index (χ2n) is 7.63. The van der Waals surface area contributed by atoms with Gasteiger partial charge >= 0.3 is 0 Å². The molecule has 1 N–H and O–H groups in total. The minimum absolute atomic E-state index is 0.00354. The molecule has 27 heavy (non-hydrogen) atoms. The molecule has 0 aromatic heterocycles. The lowest BCUT2D eigenvalue weighted by Crippen LogP contribution is -2.53. The van der Waals surface area contributed by atoms with Gasteiger partial charge in [-0.15, -0.1) is 0 Å². The quantitative estimate of drug-likeness (QED) is 0.814. The van der Waals surface area contributed by atoms with Gasteiger partial charge in [0, 0.05) is 38.9 Å². The minimum Gasteiger partial charge on any atom is -0.490 e. The highest BCUT2D eigenvalue weighted by Crippen LogP contribution is 2.27. The first kappa shape index (κ1) is 20.0. The molecule has 0 spiro atoms. The smallest absolute Gasteiger partial charge is 0.248 e. The number of carbonyl (C=O) groups is 1. The monoisotopic (exact) mass is 380 g/mol. The van der Waals surface area contributed by atoms with Crippen LogP contribution < -0.4 is 4.74 Å². The van der Waals surface area contributed by atoms with Gasteiger partial charge in [-0.1, -0.05) is 18.9 Å². The Balaban J connectivity index is 1.73. The molecule has 6 nitrogen and oxygen atoms in total. The van der Waals surface area contributed by atoms with E-state index >= 15 is 0 Å². The van der Waals surface area contributed by atoms with Crippen molar-refractivity contribution in [2.45, 2.75) is 37.3 Å². The first-order valence-electron chi connectivity index (χ1n) is 9.61. The molecule has 1 saturated carbocycles. The zero-order chi connectivity index (χ0) is 19.3. The van der Waals surface area contributed by atoms with Crippen LogP contribution in [-0.4, -0.2) is 79.0 Å². The first-order chi connectivity index (χ1) is 13.0. The Morgan fingerprint density at radius 1 is 1.30 bits per heavy atom. The number of β-amino-alcohol motifs (C(OH)–C–C–N with tert-alkyl or cyclic N) is 1. The summed E-state index contributed by atoms with van der Waals surface area (Å²) < 4.78 is 24.1. The van der Waals surface area contributed by atoms with Gasteiger partial charge in [0.2, 0.25) is 5.91 Å². The lowest BCUT2D eigenvalue weighted by atomic mass is 10.0. The van der Waals surface area contributed by atoms with Crippen LogP contribution in [0.3, 0.4) is 0 Å². The van der Waals surface area contributed by atoms with E-state index in [1.165, 1.54) is 32.1 Å². The molecule has 0 radical (unpaired) electrons. The van der Waals surface area contributed by atoms with Crippen LogP contribution >= 0.6 is 0 Å². The van der Waals surface area contributed by atoms with Crippen LogP contribution in [0.2, 0.25) is 0 Å². The Hall–Kier alpha value is -1.70. The van der Waals surface area contributed by atoms with E-state index in [9.17, 15) is 14.3 Å². The van der Waals surface area contributed by atoms with Crippen LogP contribution in [0.15, 0.2) is 24.3 Å². The molecular formula is C20H29FN2O4. The van der Waals surface area contributed by atoms with Crippen LogP contribution in [0.5, 0.6) is 5.75 Å². The fourth-order valence-electron chi connectivity index (χ4n) is 4.07. The van der Waals surface area contributed by atoms with Crippen molar-refractivity contribution in [2.24, 2.45) is 0 Å². The highest BCUT2D eigenvalue weighted by Gasteiger charge is 2.39. The van der Waals surface area contributed by atoms with Crippen LogP contribution in [-0.2, 0) is 9.53 Å². The standard InChI is InChI=1S/C20H29FN2O4/c1-26-12-19(24)23-10-9-22(17-6-2-3-7-17)13-20(25,14-23)15-27-18-8-4-5-16(21)11-18/h4-5,8,11,17,25H,2-3,6-7,9-10,12-15H2,1H3. The summed E-state index contributed by atoms with van der Waals surface area (Å²) in [7, 11) is 1.49. The van der Waals surface area contributed by atoms with Crippen molar-refractivity contribution in [3.8, 4) is 5.75 Å². The molecule has 0 bridgehead atoms. The molecule has 1 aliphatic carbocycles. The van der Waals surface area contributed by atoms with Gasteiger partial charge in [-0.2, -0.15) is 0 Å². The summed E-state index contributed by atoms with van der Waals surface area (Å²) >= 11 is 0. The fourth-order valence-corrected chi connectivity index (χ4v) is 4.07. The number of aliphatic hydroxyl groups is 1. The molecule has 7 heteroatoms. The predicted octanol–water partition coefficient (Wildman–Crippen LogP) is 1.67. The maximum absolute atomic E-state index is 13.4. The lowest BCUT2D eigenvalue weighted by molar-refractivity contribution is -0.138. The summed E-state index contributed by atoms with van der Waals surface area (Å²) in [6.45, 7) is 1.88. The van der Waals surface area contributed by atoms with Crippen LogP contribution in [0.4, 0.5) is 4.39 Å². The molecular weight excluding hydrogens is 351 g/mol. The molecule has 1 unspecified atom stereocenters. The molecule has 1 atom stereocenters. The number of benzene rings is 1. The summed E-state index contributed by atoms with van der Waals surface area (Å²) in [6.07, 6.45) is 4.64. The molecule has 1 aromatic rings. The summed E-state index contributed by atoms with van der Waals surface area (Å²) in [4.78, 5) is 16.3. The third-order valence-corrected chi connectivity index (χ3v) is 5.40. The number of hydrogen-bond acceptors (Lipinski definition) is 5. The molecule has 1 saturated heterocycles. The topological polar surface area (TPSA) is 62.2 Å². The van der Waals surface area contributed by atoms with Gasteiger partial charge in [-0.05, 0) is 25.0 Å². The van der Waals surface area contributed by atoms with E-state index in [0.29, 0.717) is 24.9 Å². The minimum atomic E-state index is -1.23. The summed E-state index contributed by atoms with van der Waals surface area (Å²) in [5, 5.41) is 11.3. The number of rotatable bonds is 6. The second kappa shape index (κ2) is 8.99. The van der Waals surface area contributed by atoms with Crippen molar-refractivity contribution >= 4 is 5.91 Å². The Labute approximate surface area is 159 Å². The number of ether oxygens (including phenoxy) is 2. The summed E-state index contributed by atoms with van der Waals surface area (Å²) in [5.74, 6) is -0.158. The van der Waals surface area contributed by atoms with E-state index < -0.39 is 5.60 Å². The van der Waals surface area contributed by atoms with Crippen molar-refractivity contribution in [2.75, 3.05) is 46.5 Å². The van der Waals surface area contributed by atoms with Gasteiger partial charge in [-0.3, -0.25) is 9.69 Å². The van der Waals surface area contributed by atoms with Gasteiger partial charge in [0.25, 0.3) is 0 Å². The number of hydrogen-bond donors (Lipinski definition) is 1. The molecule has 1 heterocycles. The number of methoxy groups -OCH3 is 1. The van der Waals surface area contributed by atoms with Crippen LogP contribution in [0.25, 0.3) is 0 Å². The van der Waals surface area contributed by atoms with Crippen molar-refractivity contribution in [3.05, 3.63) is 30.1 Å². The van der Waals surface area contributed by atoms with E-state index in [2.05, 4.69) is 4.90 Å². The van der Waals surface area contributed by atoms with E-state index in [0.717, 1.165) is 19.4 Å². The molecule has 2 aliphatic rings. The number of nitrogens with zero attached hydrogens (tertiary/aromatic N) is 2. The molecule has 3 rings (SSSR count). The maximum Gasteiger partial charge on any atom is 0.248 e. The summed E-state index contributed by atoms with van der Waals surface area (Å²) in [6, 6.07) is 6.30. The van der Waals surface area contributed by atoms with Crippen LogP contribution in [0.1, 0.15) is 25.7 Å². The van der Waals surface area contributed by atoms with E-state index in [-0.39, 0.29) is 31.5 Å². The number of carbonyl (C=O) groups excluding carboxylic acids is 1. The lowest BCUT2D eigenvalue weighted by Gasteiger charge is -2.35. The highest BCUT2D eigenvalue weighted by molar-refractivity contribution is 5.77. The van der Waals surface area contributed by atoms with Gasteiger partial charge in [0.15, 0.2) is 0 Å². The average Bonchev–Trinajstić information content (AvgIpc) is 3.11. The second-order valence-corrected chi connectivity index (χ2v) is 7.63. The van der Waals surface area contributed by atoms with Crippen molar-refractivity contribution < 1.29 is 23.8 Å². The van der Waals surface area contributed by atoms with Gasteiger partial charge in [0.05, 0.1) is 6.54 Å². The third-order valence-electron chi connectivity index (χ3n) is 5.40. The van der Waals surface area contributed by atoms with Gasteiger partial charge in [-0.25, -0.2) is 4.39 Å². The van der Waals surface area contributed by atoms with E-state index in [1.54, 1.807) is 17.0 Å². The maximum atomic E-state index is 13.4. The van der Waals surface area contributed by atoms with Crippen molar-refractivity contribution in [1.29, 1.82) is 0 Å². The van der Waals surface area contributed by atoms with Gasteiger partial charge < -0.3 is 19.5 Å². The summed E-state index contributed by atoms with van der Waals surface area (Å²) in [5.41, 5.74) is -1.23. The molecule has 150 valence electrons. The average molecular weight is 380 g/mol. The Morgan fingerprint density at radius 3 is 2.78 bits per heavy atom. The zero-order valence-electron chi connectivity index (χ0n) is 15.9. The SMILES string of the molecule is COCC(=O)N1CCN(C2CCCC2)CC(O)(COc2cccc(F)c2)C1. The van der Waals surface area contributed by atoms with Crippen molar-refractivity contribution in [1.82, 2.24) is 9.80 Å². The van der Waals surface area contributed by atoms with Crippen LogP contribution in [0, 0.1) is 5.82 Å². The molecule has 1 aliphatic heterocycles. The van der Waals surface area contributed by atoms with E-state index in [4.69, 9.17) is 9.47 Å². The Kier molecular flexibility index (Phi) is 6.68. The highest BCUT2D eigenvalue weighted by atomic mass is 19.1. The largest absolute Gasteiger partial charge is 0.490 e. The Morgan fingerprint density at radius 2 is 2.07 bits per heavy atom. The van der Waals surface area contributed by atoms with E-state index in [1.807, 2.05) is 0 Å². The molecule has 1 aromatic carbocycles. The molecule has 2 fully saturated rings. The predicted molar refractivity (Wildman–Crippen MR) is 99.1 cm³/mol. The normalized spacial score (nSPS) is 24.8. The zero-order valence-corrected chi connectivity index (χ0v) is 15.9. The van der Waals surface area contributed by atoms with Gasteiger partial charge in [0.1, 0.15) is 30.4 Å². The number of halogens is 1. The first-order valence-corrected chi connectivity index (χ1v) is 9.61. The third kappa shape index (κ3) is 5.40. The van der Waals surface area contributed by atoms with Crippen molar-refractivity contribution in [3.63, 3.8) is 0 Å². The Bertz CT molecular complexity index is 638. The fraction of sp³-hybridized carbons (Fsp3) is 0.650. The molecule has 1 amide bonds. The number of amides is 1.